The van der Waals surface area contributed by atoms with Gasteiger partial charge in [0, 0.05) is 16.3 Å². The fourth-order valence-corrected chi connectivity index (χ4v) is 9.95. The first-order valence-electron chi connectivity index (χ1n) is 17.7. The van der Waals surface area contributed by atoms with Crippen molar-refractivity contribution in [3.8, 4) is 33.4 Å². The van der Waals surface area contributed by atoms with Crippen molar-refractivity contribution in [3.63, 3.8) is 0 Å². The number of benzene rings is 8. The van der Waals surface area contributed by atoms with Crippen LogP contribution < -0.4 is 0 Å². The summed E-state index contributed by atoms with van der Waals surface area (Å²) in [4.78, 5) is 0. The third-order valence-electron chi connectivity index (χ3n) is 11.9. The SMILES string of the molecule is C1=Cc2c(c3ccccc3c3cc4c(cc23)-c2ccccc2C42c3ccccc3-c3ccc(-c4cccc5c4oc4ccccc45)cc32)CC1. The average Bonchev–Trinajstić information content (AvgIpc) is 3.81. The number of aryl methyl sites for hydroxylation is 1. The van der Waals surface area contributed by atoms with Crippen molar-refractivity contribution in [3.05, 3.63) is 185 Å². The summed E-state index contributed by atoms with van der Waals surface area (Å²) in [5.41, 5.74) is 17.3. The van der Waals surface area contributed by atoms with Gasteiger partial charge in [-0.2, -0.15) is 0 Å². The summed E-state index contributed by atoms with van der Waals surface area (Å²) in [5, 5.41) is 7.75. The van der Waals surface area contributed by atoms with Crippen LogP contribution in [-0.4, -0.2) is 0 Å². The summed E-state index contributed by atoms with van der Waals surface area (Å²) >= 11 is 0. The second-order valence-electron chi connectivity index (χ2n) is 14.2. The Balaban J connectivity index is 1.21. The molecule has 1 aromatic heterocycles. The molecule has 12 rings (SSSR count). The molecule has 0 amide bonds. The van der Waals surface area contributed by atoms with Crippen LogP contribution in [0.5, 0.6) is 0 Å². The van der Waals surface area contributed by atoms with Crippen LogP contribution in [0.1, 0.15) is 39.8 Å². The largest absolute Gasteiger partial charge is 0.455 e. The van der Waals surface area contributed by atoms with Crippen LogP contribution >= 0.6 is 0 Å². The first kappa shape index (κ1) is 26.7. The second-order valence-corrected chi connectivity index (χ2v) is 14.2. The van der Waals surface area contributed by atoms with Gasteiger partial charge in [-0.3, -0.25) is 0 Å². The van der Waals surface area contributed by atoms with Gasteiger partial charge in [0.1, 0.15) is 11.2 Å². The van der Waals surface area contributed by atoms with Crippen LogP contribution in [0.15, 0.2) is 156 Å². The van der Waals surface area contributed by atoms with Gasteiger partial charge in [0.05, 0.1) is 5.41 Å². The van der Waals surface area contributed by atoms with Crippen molar-refractivity contribution in [2.75, 3.05) is 0 Å². The van der Waals surface area contributed by atoms with Crippen LogP contribution in [0.2, 0.25) is 0 Å². The number of fused-ring (bicyclic) bond motifs is 19. The van der Waals surface area contributed by atoms with E-state index in [2.05, 4.69) is 158 Å². The van der Waals surface area contributed by atoms with Crippen LogP contribution in [0.4, 0.5) is 0 Å². The van der Waals surface area contributed by atoms with Gasteiger partial charge >= 0.3 is 0 Å². The molecule has 50 heavy (non-hydrogen) atoms. The molecule has 1 nitrogen and oxygen atoms in total. The van der Waals surface area contributed by atoms with Crippen LogP contribution in [0.25, 0.3) is 82.9 Å². The molecule has 9 aromatic rings. The quantitative estimate of drug-likeness (QED) is 0.164. The third kappa shape index (κ3) is 3.19. The van der Waals surface area contributed by atoms with Gasteiger partial charge < -0.3 is 4.42 Å². The molecule has 0 bridgehead atoms. The van der Waals surface area contributed by atoms with E-state index >= 15 is 0 Å². The van der Waals surface area contributed by atoms with E-state index in [0.717, 1.165) is 40.3 Å². The van der Waals surface area contributed by atoms with E-state index in [1.165, 1.54) is 82.7 Å². The number of para-hydroxylation sites is 2. The standard InChI is InChI=1S/C49H30O/c1-3-14-33-31(12-1)32-13-2-4-15-34(32)41-28-46-42(27-40(33)41)36-17-6-9-22-44(36)49(46)43-21-8-5-16-35(43)37-25-24-29(26-45(37)49)30-19-11-20-39-38-18-7-10-23-47(38)50-48(30)39/h2-11,13-28H,1,12H2. The highest BCUT2D eigenvalue weighted by Gasteiger charge is 2.52. The molecule has 3 aliphatic carbocycles. The number of hydrogen-bond acceptors (Lipinski definition) is 1. The third-order valence-corrected chi connectivity index (χ3v) is 11.9. The minimum Gasteiger partial charge on any atom is -0.455 e. The van der Waals surface area contributed by atoms with E-state index in [1.54, 1.807) is 0 Å². The van der Waals surface area contributed by atoms with E-state index in [1.807, 2.05) is 0 Å². The van der Waals surface area contributed by atoms with E-state index in [-0.39, 0.29) is 0 Å². The molecule has 1 heterocycles. The number of allylic oxidation sites excluding steroid dienone is 1. The van der Waals surface area contributed by atoms with Crippen molar-refractivity contribution in [1.82, 2.24) is 0 Å². The zero-order valence-corrected chi connectivity index (χ0v) is 27.3. The molecule has 232 valence electrons. The van der Waals surface area contributed by atoms with Gasteiger partial charge in [-0.05, 0) is 120 Å². The van der Waals surface area contributed by atoms with Gasteiger partial charge in [-0.25, -0.2) is 0 Å². The fourth-order valence-electron chi connectivity index (χ4n) is 9.95. The summed E-state index contributed by atoms with van der Waals surface area (Å²) in [6.45, 7) is 0. The zero-order chi connectivity index (χ0) is 32.6. The lowest BCUT2D eigenvalue weighted by atomic mass is 9.69. The Morgan fingerprint density at radius 2 is 1.10 bits per heavy atom. The lowest BCUT2D eigenvalue weighted by Crippen LogP contribution is -2.26. The molecule has 1 spiro atoms. The van der Waals surface area contributed by atoms with E-state index in [4.69, 9.17) is 4.42 Å². The Bertz CT molecular complexity index is 2990. The Morgan fingerprint density at radius 1 is 0.440 bits per heavy atom. The first-order valence-corrected chi connectivity index (χ1v) is 17.7. The number of furan rings is 1. The Hall–Kier alpha value is -6.18. The lowest BCUT2D eigenvalue weighted by molar-refractivity contribution is 0.670. The van der Waals surface area contributed by atoms with E-state index in [9.17, 15) is 0 Å². The minimum absolute atomic E-state index is 0.448. The van der Waals surface area contributed by atoms with Crippen molar-refractivity contribution in [1.29, 1.82) is 0 Å². The molecular formula is C49H30O. The molecule has 0 N–H and O–H groups in total. The van der Waals surface area contributed by atoms with Crippen LogP contribution in [0, 0.1) is 0 Å². The molecule has 0 radical (unpaired) electrons. The summed E-state index contributed by atoms with van der Waals surface area (Å²) in [6.07, 6.45) is 6.91. The predicted octanol–water partition coefficient (Wildman–Crippen LogP) is 12.9. The minimum atomic E-state index is -0.448. The van der Waals surface area contributed by atoms with Gasteiger partial charge in [-0.1, -0.05) is 133 Å². The van der Waals surface area contributed by atoms with Crippen LogP contribution in [0.3, 0.4) is 0 Å². The van der Waals surface area contributed by atoms with Crippen molar-refractivity contribution < 1.29 is 4.42 Å². The molecule has 0 fully saturated rings. The molecule has 0 saturated carbocycles. The number of rotatable bonds is 1. The molecule has 1 atom stereocenters. The Labute approximate surface area is 289 Å². The highest BCUT2D eigenvalue weighted by Crippen LogP contribution is 2.64. The first-order chi connectivity index (χ1) is 24.8. The van der Waals surface area contributed by atoms with Gasteiger partial charge in [0.25, 0.3) is 0 Å². The van der Waals surface area contributed by atoms with Gasteiger partial charge in [-0.15, -0.1) is 0 Å². The molecule has 3 aliphatic rings. The summed E-state index contributed by atoms with van der Waals surface area (Å²) in [6, 6.07) is 54.5. The molecule has 8 aromatic carbocycles. The highest BCUT2D eigenvalue weighted by atomic mass is 16.3. The van der Waals surface area contributed by atoms with Crippen molar-refractivity contribution in [2.24, 2.45) is 0 Å². The van der Waals surface area contributed by atoms with Crippen LogP contribution in [-0.2, 0) is 11.8 Å². The Kier molecular flexibility index (Phi) is 5.08. The van der Waals surface area contributed by atoms with E-state index < -0.39 is 5.41 Å². The Morgan fingerprint density at radius 3 is 1.96 bits per heavy atom. The normalized spacial score (nSPS) is 16.6. The molecular weight excluding hydrogens is 605 g/mol. The summed E-state index contributed by atoms with van der Waals surface area (Å²) < 4.78 is 6.58. The summed E-state index contributed by atoms with van der Waals surface area (Å²) in [5.74, 6) is 0. The zero-order valence-electron chi connectivity index (χ0n) is 27.3. The van der Waals surface area contributed by atoms with E-state index in [0.29, 0.717) is 0 Å². The maximum atomic E-state index is 6.58. The van der Waals surface area contributed by atoms with Gasteiger partial charge in [0.15, 0.2) is 0 Å². The maximum Gasteiger partial charge on any atom is 0.143 e. The molecule has 1 heteroatoms. The van der Waals surface area contributed by atoms with Crippen molar-refractivity contribution in [2.45, 2.75) is 18.3 Å². The second kappa shape index (κ2) is 9.49. The average molecular weight is 635 g/mol. The molecule has 0 aliphatic heterocycles. The fraction of sp³-hybridized carbons (Fsp3) is 0.0612. The maximum absolute atomic E-state index is 6.58. The molecule has 0 saturated heterocycles. The smallest absolute Gasteiger partial charge is 0.143 e. The monoisotopic (exact) mass is 634 g/mol. The lowest BCUT2D eigenvalue weighted by Gasteiger charge is -2.31. The summed E-state index contributed by atoms with van der Waals surface area (Å²) in [7, 11) is 0. The molecule has 1 unspecified atom stereocenters. The predicted molar refractivity (Wildman–Crippen MR) is 208 cm³/mol. The highest BCUT2D eigenvalue weighted by molar-refractivity contribution is 6.16. The van der Waals surface area contributed by atoms with Crippen molar-refractivity contribution >= 4 is 49.6 Å². The number of hydrogen-bond donors (Lipinski definition) is 0. The topological polar surface area (TPSA) is 13.1 Å². The van der Waals surface area contributed by atoms with Gasteiger partial charge in [0.2, 0.25) is 0 Å².